The molecule has 5 aromatic rings. The number of fused-ring (bicyclic) bond motifs is 2. The summed E-state index contributed by atoms with van der Waals surface area (Å²) in [6, 6.07) is 22.7. The minimum absolute atomic E-state index is 0.0513. The summed E-state index contributed by atoms with van der Waals surface area (Å²) in [6.45, 7) is 0. The zero-order valence-electron chi connectivity index (χ0n) is 19.0. The van der Waals surface area contributed by atoms with Crippen molar-refractivity contribution < 1.29 is 18.0 Å². The van der Waals surface area contributed by atoms with Crippen LogP contribution in [-0.2, 0) is 17.4 Å². The van der Waals surface area contributed by atoms with Crippen LogP contribution in [0.3, 0.4) is 0 Å². The Balaban J connectivity index is 1.35. The molecule has 8 heteroatoms. The zero-order chi connectivity index (χ0) is 25.3. The number of benzene rings is 3. The second-order valence-corrected chi connectivity index (χ2v) is 8.91. The van der Waals surface area contributed by atoms with Gasteiger partial charge in [0, 0.05) is 22.7 Å². The summed E-state index contributed by atoms with van der Waals surface area (Å²) in [5.41, 5.74) is 3.68. The van der Waals surface area contributed by atoms with E-state index in [2.05, 4.69) is 10.3 Å². The molecule has 3 aromatic carbocycles. The third-order valence-electron chi connectivity index (χ3n) is 6.07. The Kier molecular flexibility index (Phi) is 6.41. The van der Waals surface area contributed by atoms with E-state index in [1.807, 2.05) is 60.7 Å². The van der Waals surface area contributed by atoms with E-state index >= 15 is 0 Å². The Labute approximate surface area is 210 Å². The maximum Gasteiger partial charge on any atom is 0.416 e. The van der Waals surface area contributed by atoms with Crippen LogP contribution in [0.1, 0.15) is 24.0 Å². The molecule has 182 valence electrons. The van der Waals surface area contributed by atoms with E-state index in [1.54, 1.807) is 0 Å². The van der Waals surface area contributed by atoms with Crippen molar-refractivity contribution in [2.45, 2.75) is 25.4 Å². The quantitative estimate of drug-likeness (QED) is 0.244. The van der Waals surface area contributed by atoms with Gasteiger partial charge in [0.25, 0.3) is 0 Å². The maximum absolute atomic E-state index is 13.0. The Bertz CT molecular complexity index is 1580. The van der Waals surface area contributed by atoms with E-state index < -0.39 is 17.6 Å². The van der Waals surface area contributed by atoms with Gasteiger partial charge in [-0.05, 0) is 54.8 Å². The van der Waals surface area contributed by atoms with Crippen molar-refractivity contribution in [3.05, 3.63) is 95.0 Å². The highest BCUT2D eigenvalue weighted by Crippen LogP contribution is 2.34. The van der Waals surface area contributed by atoms with Gasteiger partial charge < -0.3 is 10.3 Å². The summed E-state index contributed by atoms with van der Waals surface area (Å²) < 4.78 is 39.1. The summed E-state index contributed by atoms with van der Waals surface area (Å²) in [5.74, 6) is -0.401. The van der Waals surface area contributed by atoms with Gasteiger partial charge in [-0.15, -0.1) is 0 Å². The molecule has 0 bridgehead atoms. The van der Waals surface area contributed by atoms with Gasteiger partial charge in [-0.25, -0.2) is 4.98 Å². The minimum atomic E-state index is -4.52. The molecule has 0 aliphatic carbocycles. The number of nitrogens with one attached hydrogen (secondary N) is 2. The molecule has 0 atom stereocenters. The van der Waals surface area contributed by atoms with Crippen molar-refractivity contribution in [2.24, 2.45) is 0 Å². The number of alkyl halides is 3. The lowest BCUT2D eigenvalue weighted by molar-refractivity contribution is -0.137. The molecule has 4 nitrogen and oxygen atoms in total. The molecule has 0 radical (unpaired) electrons. The highest BCUT2D eigenvalue weighted by molar-refractivity contribution is 6.33. The molecular weight excluding hydrogens is 487 g/mol. The second-order valence-electron chi connectivity index (χ2n) is 8.51. The predicted molar refractivity (Wildman–Crippen MR) is 137 cm³/mol. The molecule has 2 aromatic heterocycles. The molecule has 2 heterocycles. The Morgan fingerprint density at radius 1 is 0.972 bits per heavy atom. The first-order valence-corrected chi connectivity index (χ1v) is 11.8. The molecule has 36 heavy (non-hydrogen) atoms. The van der Waals surface area contributed by atoms with E-state index in [4.69, 9.17) is 16.6 Å². The van der Waals surface area contributed by atoms with Crippen LogP contribution in [0.15, 0.2) is 78.9 Å². The lowest BCUT2D eigenvalue weighted by Crippen LogP contribution is -2.13. The molecular formula is C28H21ClF3N3O. The molecule has 0 unspecified atom stereocenters. The number of anilines is 1. The maximum atomic E-state index is 13.0. The number of aryl methyl sites for hydroxylation is 1. The van der Waals surface area contributed by atoms with Crippen molar-refractivity contribution in [1.82, 2.24) is 9.97 Å². The molecule has 0 fully saturated rings. The third kappa shape index (κ3) is 4.93. The van der Waals surface area contributed by atoms with Crippen LogP contribution in [-0.4, -0.2) is 15.9 Å². The molecule has 1 amide bonds. The van der Waals surface area contributed by atoms with E-state index in [-0.39, 0.29) is 17.1 Å². The largest absolute Gasteiger partial charge is 0.416 e. The number of H-pyrrole nitrogens is 1. The van der Waals surface area contributed by atoms with Gasteiger partial charge in [0.05, 0.1) is 33.2 Å². The summed E-state index contributed by atoms with van der Waals surface area (Å²) >= 11 is 6.01. The number of carbonyl (C=O) groups is 1. The number of nitrogens with zero attached hydrogens (tertiary/aromatic N) is 1. The zero-order valence-corrected chi connectivity index (χ0v) is 19.8. The number of rotatable bonds is 6. The molecule has 0 spiro atoms. The van der Waals surface area contributed by atoms with Gasteiger partial charge in [-0.1, -0.05) is 54.1 Å². The number of hydrogen-bond donors (Lipinski definition) is 2. The Morgan fingerprint density at radius 2 is 1.75 bits per heavy atom. The van der Waals surface area contributed by atoms with Crippen LogP contribution in [0.4, 0.5) is 18.9 Å². The fourth-order valence-electron chi connectivity index (χ4n) is 4.32. The lowest BCUT2D eigenvalue weighted by Gasteiger charge is -2.12. The SMILES string of the molecule is O=C(CCCc1c(-c2ccc3ccccc3n2)[nH]c2ccccc12)Nc1cc(C(F)(F)F)ccc1Cl. The Hall–Kier alpha value is -3.84. The number of halogens is 4. The van der Waals surface area contributed by atoms with Gasteiger partial charge in [-0.3, -0.25) is 4.79 Å². The fourth-order valence-corrected chi connectivity index (χ4v) is 4.48. The van der Waals surface area contributed by atoms with Crippen LogP contribution in [0, 0.1) is 0 Å². The average Bonchev–Trinajstić information content (AvgIpc) is 3.23. The topological polar surface area (TPSA) is 57.8 Å². The van der Waals surface area contributed by atoms with Gasteiger partial charge in [0.2, 0.25) is 5.91 Å². The number of hydrogen-bond acceptors (Lipinski definition) is 2. The van der Waals surface area contributed by atoms with Crippen molar-refractivity contribution in [1.29, 1.82) is 0 Å². The first-order valence-electron chi connectivity index (χ1n) is 11.4. The molecule has 0 saturated carbocycles. The van der Waals surface area contributed by atoms with Crippen LogP contribution in [0.25, 0.3) is 33.2 Å². The molecule has 0 saturated heterocycles. The smallest absolute Gasteiger partial charge is 0.353 e. The summed E-state index contributed by atoms with van der Waals surface area (Å²) in [7, 11) is 0. The predicted octanol–water partition coefficient (Wildman–Crippen LogP) is 8.02. The lowest BCUT2D eigenvalue weighted by atomic mass is 10.0. The third-order valence-corrected chi connectivity index (χ3v) is 6.40. The van der Waals surface area contributed by atoms with Crippen LogP contribution < -0.4 is 5.32 Å². The van der Waals surface area contributed by atoms with E-state index in [1.165, 1.54) is 0 Å². The van der Waals surface area contributed by atoms with E-state index in [9.17, 15) is 18.0 Å². The average molecular weight is 508 g/mol. The highest BCUT2D eigenvalue weighted by atomic mass is 35.5. The number of aromatic amines is 1. The summed E-state index contributed by atoms with van der Waals surface area (Å²) in [6.07, 6.45) is -3.33. The van der Waals surface area contributed by atoms with Crippen molar-refractivity contribution >= 4 is 45.0 Å². The highest BCUT2D eigenvalue weighted by Gasteiger charge is 2.31. The van der Waals surface area contributed by atoms with E-state index in [0.29, 0.717) is 12.8 Å². The van der Waals surface area contributed by atoms with Gasteiger partial charge in [0.15, 0.2) is 0 Å². The van der Waals surface area contributed by atoms with Crippen molar-refractivity contribution in [3.8, 4) is 11.4 Å². The van der Waals surface area contributed by atoms with Crippen LogP contribution in [0.5, 0.6) is 0 Å². The number of pyridine rings is 1. The standard InChI is InChI=1S/C28H21ClF3N3O/c29-21-14-13-18(28(30,31)32)16-25(21)34-26(36)11-5-8-20-19-7-2-4-10-23(19)35-27(20)24-15-12-17-6-1-3-9-22(17)33-24/h1-4,6-7,9-10,12-16,35H,5,8,11H2,(H,34,36). The van der Waals surface area contributed by atoms with Crippen LogP contribution in [0.2, 0.25) is 5.02 Å². The summed E-state index contributed by atoms with van der Waals surface area (Å²) in [4.78, 5) is 20.8. The van der Waals surface area contributed by atoms with E-state index in [0.717, 1.165) is 57.0 Å². The van der Waals surface area contributed by atoms with Crippen molar-refractivity contribution in [2.75, 3.05) is 5.32 Å². The number of amides is 1. The summed E-state index contributed by atoms with van der Waals surface area (Å²) in [5, 5.41) is 4.66. The molecule has 2 N–H and O–H groups in total. The monoisotopic (exact) mass is 507 g/mol. The van der Waals surface area contributed by atoms with Gasteiger partial charge in [-0.2, -0.15) is 13.2 Å². The fraction of sp³-hybridized carbons (Fsp3) is 0.143. The first-order chi connectivity index (χ1) is 17.3. The first kappa shape index (κ1) is 23.9. The molecule has 0 aliphatic heterocycles. The minimum Gasteiger partial charge on any atom is -0.353 e. The second kappa shape index (κ2) is 9.66. The van der Waals surface area contributed by atoms with Crippen molar-refractivity contribution in [3.63, 3.8) is 0 Å². The Morgan fingerprint density at radius 3 is 2.58 bits per heavy atom. The molecule has 0 aliphatic rings. The number of carbonyl (C=O) groups excluding carboxylic acids is 1. The number of aromatic nitrogens is 2. The normalized spacial score (nSPS) is 11.8. The van der Waals surface area contributed by atoms with Crippen LogP contribution >= 0.6 is 11.6 Å². The van der Waals surface area contributed by atoms with Gasteiger partial charge in [0.1, 0.15) is 0 Å². The number of para-hydroxylation sites is 2. The van der Waals surface area contributed by atoms with Gasteiger partial charge >= 0.3 is 6.18 Å². The molecule has 5 rings (SSSR count).